The Morgan fingerprint density at radius 3 is 2.85 bits per heavy atom. The summed E-state index contributed by atoms with van der Waals surface area (Å²) >= 11 is 0. The second-order valence-corrected chi connectivity index (χ2v) is 6.96. The van der Waals surface area contributed by atoms with Gasteiger partial charge in [0.25, 0.3) is 0 Å². The summed E-state index contributed by atoms with van der Waals surface area (Å²) in [5.74, 6) is 1.13. The van der Waals surface area contributed by atoms with E-state index in [0.29, 0.717) is 6.42 Å². The van der Waals surface area contributed by atoms with Gasteiger partial charge >= 0.3 is 0 Å². The number of benzene rings is 2. The molecule has 3 aromatic rings. The summed E-state index contributed by atoms with van der Waals surface area (Å²) < 4.78 is 6.29. The van der Waals surface area contributed by atoms with Crippen molar-refractivity contribution in [3.8, 4) is 11.5 Å². The maximum atomic E-state index is 10.4. The van der Waals surface area contributed by atoms with Gasteiger partial charge in [0, 0.05) is 35.5 Å². The van der Waals surface area contributed by atoms with Gasteiger partial charge in [-0.2, -0.15) is 5.10 Å². The van der Waals surface area contributed by atoms with Crippen LogP contribution in [0.4, 0.5) is 0 Å². The monoisotopic (exact) mass is 357 g/mol. The third-order valence-corrected chi connectivity index (χ3v) is 5.13. The molecule has 0 radical (unpaired) electrons. The fourth-order valence-electron chi connectivity index (χ4n) is 3.82. The van der Waals surface area contributed by atoms with Crippen LogP contribution >= 0.6 is 0 Å². The molecule has 3 heterocycles. The molecule has 5 rings (SSSR count). The van der Waals surface area contributed by atoms with Crippen LogP contribution in [0.3, 0.4) is 0 Å². The minimum Gasteiger partial charge on any atom is -0.507 e. The SMILES string of the molecule is Cc1ccc(O)c(C2=NN3[C@H](C2)c2ccccc2O[C@@H]3c2cccnc2)c1. The minimum atomic E-state index is -0.344. The second-order valence-electron chi connectivity index (χ2n) is 6.96. The van der Waals surface area contributed by atoms with E-state index in [1.54, 1.807) is 12.3 Å². The Morgan fingerprint density at radius 2 is 2.00 bits per heavy atom. The van der Waals surface area contributed by atoms with Crippen LogP contribution in [-0.2, 0) is 0 Å². The molecule has 0 aliphatic carbocycles. The van der Waals surface area contributed by atoms with E-state index < -0.39 is 0 Å². The first-order chi connectivity index (χ1) is 13.2. The number of rotatable bonds is 2. The number of pyridine rings is 1. The molecule has 2 aliphatic rings. The number of aromatic hydroxyl groups is 1. The van der Waals surface area contributed by atoms with E-state index in [4.69, 9.17) is 9.84 Å². The average Bonchev–Trinajstić information content (AvgIpc) is 3.15. The lowest BCUT2D eigenvalue weighted by Gasteiger charge is -2.38. The van der Waals surface area contributed by atoms with Crippen LogP contribution in [0.1, 0.15) is 40.9 Å². The first-order valence-corrected chi connectivity index (χ1v) is 9.02. The molecule has 2 atom stereocenters. The van der Waals surface area contributed by atoms with Crippen molar-refractivity contribution in [3.05, 3.63) is 89.2 Å². The molecule has 0 amide bonds. The van der Waals surface area contributed by atoms with Gasteiger partial charge in [-0.1, -0.05) is 35.9 Å². The standard InChI is InChI=1S/C22H19N3O2/c1-14-8-9-20(26)17(11-14)18-12-19-16-6-2-3-7-21(16)27-22(25(19)24-18)15-5-4-10-23-13-15/h2-11,13,19,22,26H,12H2,1H3/t19-,22-/m1/s1. The predicted octanol–water partition coefficient (Wildman–Crippen LogP) is 4.34. The van der Waals surface area contributed by atoms with Crippen LogP contribution < -0.4 is 4.74 Å². The molecule has 5 heteroatoms. The molecule has 134 valence electrons. The molecule has 0 spiro atoms. The van der Waals surface area contributed by atoms with E-state index in [-0.39, 0.29) is 18.0 Å². The molecular formula is C22H19N3O2. The van der Waals surface area contributed by atoms with Gasteiger partial charge in [-0.3, -0.25) is 4.98 Å². The van der Waals surface area contributed by atoms with Crippen molar-refractivity contribution >= 4 is 5.71 Å². The number of aromatic nitrogens is 1. The van der Waals surface area contributed by atoms with Crippen LogP contribution in [0.2, 0.25) is 0 Å². The zero-order chi connectivity index (χ0) is 18.4. The van der Waals surface area contributed by atoms with Crippen molar-refractivity contribution < 1.29 is 9.84 Å². The van der Waals surface area contributed by atoms with Crippen LogP contribution in [0.15, 0.2) is 72.1 Å². The van der Waals surface area contributed by atoms with Crippen molar-refractivity contribution in [2.24, 2.45) is 5.10 Å². The number of aryl methyl sites for hydroxylation is 1. The van der Waals surface area contributed by atoms with Crippen LogP contribution in [-0.4, -0.2) is 20.8 Å². The van der Waals surface area contributed by atoms with E-state index >= 15 is 0 Å². The van der Waals surface area contributed by atoms with Gasteiger partial charge in [-0.05, 0) is 31.2 Å². The zero-order valence-electron chi connectivity index (χ0n) is 14.9. The molecule has 0 saturated carbocycles. The third kappa shape index (κ3) is 2.63. The number of phenolic OH excluding ortho intramolecular Hbond substituents is 1. The highest BCUT2D eigenvalue weighted by Gasteiger charge is 2.41. The van der Waals surface area contributed by atoms with Crippen molar-refractivity contribution in [2.75, 3.05) is 0 Å². The fourth-order valence-corrected chi connectivity index (χ4v) is 3.82. The van der Waals surface area contributed by atoms with E-state index in [9.17, 15) is 5.11 Å². The third-order valence-electron chi connectivity index (χ3n) is 5.13. The van der Waals surface area contributed by atoms with E-state index in [0.717, 1.165) is 33.7 Å². The minimum absolute atomic E-state index is 0.0649. The molecule has 1 aromatic heterocycles. The number of hydrogen-bond acceptors (Lipinski definition) is 5. The Labute approximate surface area is 157 Å². The number of phenols is 1. The van der Waals surface area contributed by atoms with Gasteiger partial charge in [-0.15, -0.1) is 0 Å². The lowest BCUT2D eigenvalue weighted by atomic mass is 9.95. The molecule has 0 unspecified atom stereocenters. The lowest BCUT2D eigenvalue weighted by molar-refractivity contribution is -0.0192. The van der Waals surface area contributed by atoms with Crippen LogP contribution in [0.25, 0.3) is 0 Å². The maximum Gasteiger partial charge on any atom is 0.215 e. The molecule has 5 nitrogen and oxygen atoms in total. The van der Waals surface area contributed by atoms with Crippen LogP contribution in [0, 0.1) is 6.92 Å². The van der Waals surface area contributed by atoms with Crippen molar-refractivity contribution in [3.63, 3.8) is 0 Å². The summed E-state index contributed by atoms with van der Waals surface area (Å²) in [5.41, 5.74) is 4.82. The molecule has 0 bridgehead atoms. The summed E-state index contributed by atoms with van der Waals surface area (Å²) in [6.45, 7) is 2.02. The Hall–Kier alpha value is -3.34. The smallest absolute Gasteiger partial charge is 0.215 e. The van der Waals surface area contributed by atoms with Gasteiger partial charge in [-0.25, -0.2) is 5.01 Å². The number of fused-ring (bicyclic) bond motifs is 3. The number of ether oxygens (including phenoxy) is 1. The maximum absolute atomic E-state index is 10.4. The number of para-hydroxylation sites is 1. The molecule has 0 saturated heterocycles. The summed E-state index contributed by atoms with van der Waals surface area (Å²) in [5, 5.41) is 17.2. The normalized spacial score (nSPS) is 20.5. The van der Waals surface area contributed by atoms with Crippen molar-refractivity contribution in [1.29, 1.82) is 0 Å². The highest BCUT2D eigenvalue weighted by atomic mass is 16.5. The van der Waals surface area contributed by atoms with E-state index in [1.165, 1.54) is 0 Å². The number of hydrazone groups is 1. The Kier molecular flexibility index (Phi) is 3.60. The van der Waals surface area contributed by atoms with Crippen molar-refractivity contribution in [1.82, 2.24) is 9.99 Å². The van der Waals surface area contributed by atoms with Gasteiger partial charge < -0.3 is 9.84 Å². The molecule has 27 heavy (non-hydrogen) atoms. The average molecular weight is 357 g/mol. The fraction of sp³-hybridized carbons (Fsp3) is 0.182. The highest BCUT2D eigenvalue weighted by molar-refractivity contribution is 6.04. The largest absolute Gasteiger partial charge is 0.507 e. The number of nitrogens with zero attached hydrogens (tertiary/aromatic N) is 3. The predicted molar refractivity (Wildman–Crippen MR) is 103 cm³/mol. The molecular weight excluding hydrogens is 338 g/mol. The van der Waals surface area contributed by atoms with Crippen LogP contribution in [0.5, 0.6) is 11.5 Å². The Bertz CT molecular complexity index is 1030. The molecule has 2 aromatic carbocycles. The van der Waals surface area contributed by atoms with Gasteiger partial charge in [0.1, 0.15) is 11.5 Å². The topological polar surface area (TPSA) is 58.0 Å². The van der Waals surface area contributed by atoms with Gasteiger partial charge in [0.05, 0.1) is 11.8 Å². The number of hydrogen-bond donors (Lipinski definition) is 1. The first kappa shape index (κ1) is 15.9. The molecule has 1 N–H and O–H groups in total. The highest BCUT2D eigenvalue weighted by Crippen LogP contribution is 2.47. The second kappa shape index (κ2) is 6.13. The Balaban J connectivity index is 1.62. The summed E-state index contributed by atoms with van der Waals surface area (Å²) in [4.78, 5) is 4.24. The van der Waals surface area contributed by atoms with Gasteiger partial charge in [0.15, 0.2) is 0 Å². The molecule has 0 fully saturated rings. The Morgan fingerprint density at radius 1 is 1.11 bits per heavy atom. The van der Waals surface area contributed by atoms with E-state index in [1.807, 2.05) is 60.6 Å². The van der Waals surface area contributed by atoms with Crippen molar-refractivity contribution in [2.45, 2.75) is 25.6 Å². The summed E-state index contributed by atoms with van der Waals surface area (Å²) in [7, 11) is 0. The summed E-state index contributed by atoms with van der Waals surface area (Å²) in [6, 6.07) is 17.7. The quantitative estimate of drug-likeness (QED) is 0.741. The van der Waals surface area contributed by atoms with E-state index in [2.05, 4.69) is 11.1 Å². The first-order valence-electron chi connectivity index (χ1n) is 9.02. The molecule has 2 aliphatic heterocycles. The zero-order valence-corrected chi connectivity index (χ0v) is 14.9. The summed E-state index contributed by atoms with van der Waals surface area (Å²) in [6.07, 6.45) is 3.94. The van der Waals surface area contributed by atoms with Gasteiger partial charge in [0.2, 0.25) is 6.23 Å². The lowest BCUT2D eigenvalue weighted by Crippen LogP contribution is -2.33.